The molecule has 0 saturated carbocycles. The molecule has 2 amide bonds. The number of nitriles is 1. The number of carbonyl (C=O) groups is 1. The summed E-state index contributed by atoms with van der Waals surface area (Å²) in [6, 6.07) is 16.3. The Morgan fingerprint density at radius 2 is 2.00 bits per heavy atom. The molecule has 1 atom stereocenters. The lowest BCUT2D eigenvalue weighted by Gasteiger charge is -2.14. The Hall–Kier alpha value is -2.84. The molecular weight excluding hydrogens is 290 g/mol. The molecule has 0 aliphatic rings. The lowest BCUT2D eigenvalue weighted by molar-refractivity contribution is 0.172. The van der Waals surface area contributed by atoms with Crippen LogP contribution in [0.25, 0.3) is 0 Å². The van der Waals surface area contributed by atoms with Gasteiger partial charge < -0.3 is 15.7 Å². The first-order chi connectivity index (χ1) is 11.1. The topological polar surface area (TPSA) is 85.2 Å². The van der Waals surface area contributed by atoms with Crippen molar-refractivity contribution >= 4 is 11.7 Å². The first-order valence-corrected chi connectivity index (χ1v) is 7.36. The number of benzene rings is 2. The minimum absolute atomic E-state index is 0.151. The molecule has 5 nitrogen and oxygen atoms in total. The first kappa shape index (κ1) is 16.5. The summed E-state index contributed by atoms with van der Waals surface area (Å²) in [6.45, 7) is 2.00. The molecule has 5 heteroatoms. The van der Waals surface area contributed by atoms with Crippen molar-refractivity contribution in [2.75, 3.05) is 11.9 Å². The zero-order chi connectivity index (χ0) is 16.7. The predicted molar refractivity (Wildman–Crippen MR) is 89.1 cm³/mol. The molecule has 23 heavy (non-hydrogen) atoms. The molecule has 0 heterocycles. The van der Waals surface area contributed by atoms with E-state index in [1.165, 1.54) is 0 Å². The van der Waals surface area contributed by atoms with E-state index >= 15 is 0 Å². The lowest BCUT2D eigenvalue weighted by atomic mass is 10.1. The van der Waals surface area contributed by atoms with Crippen molar-refractivity contribution < 1.29 is 9.90 Å². The fraction of sp³-hybridized carbons (Fsp3) is 0.222. The van der Waals surface area contributed by atoms with E-state index in [9.17, 15) is 9.90 Å². The van der Waals surface area contributed by atoms with Gasteiger partial charge in [0.15, 0.2) is 0 Å². The number of nitrogens with zero attached hydrogens (tertiary/aromatic N) is 1. The molecule has 1 unspecified atom stereocenters. The maximum absolute atomic E-state index is 11.9. The molecule has 0 aliphatic heterocycles. The number of anilines is 1. The fourth-order valence-electron chi connectivity index (χ4n) is 2.16. The Kier molecular flexibility index (Phi) is 5.73. The van der Waals surface area contributed by atoms with Gasteiger partial charge in [0.05, 0.1) is 17.7 Å². The minimum Gasteiger partial charge on any atom is -0.391 e. The third-order valence-corrected chi connectivity index (χ3v) is 3.43. The fourth-order valence-corrected chi connectivity index (χ4v) is 2.16. The average Bonchev–Trinajstić information content (AvgIpc) is 2.56. The highest BCUT2D eigenvalue weighted by Crippen LogP contribution is 2.16. The van der Waals surface area contributed by atoms with Crippen LogP contribution in [0.4, 0.5) is 10.5 Å². The van der Waals surface area contributed by atoms with Crippen LogP contribution in [0, 0.1) is 18.3 Å². The molecule has 0 aliphatic carbocycles. The Morgan fingerprint density at radius 3 is 2.70 bits per heavy atom. The van der Waals surface area contributed by atoms with Crippen LogP contribution in [0.1, 0.15) is 16.7 Å². The van der Waals surface area contributed by atoms with Gasteiger partial charge in [0.1, 0.15) is 0 Å². The average molecular weight is 309 g/mol. The van der Waals surface area contributed by atoms with E-state index in [0.29, 0.717) is 17.7 Å². The SMILES string of the molecule is Cc1ccc(C#N)cc1NC(=O)NCC(O)Cc1ccccc1. The van der Waals surface area contributed by atoms with Crippen LogP contribution < -0.4 is 10.6 Å². The van der Waals surface area contributed by atoms with Gasteiger partial charge in [0.2, 0.25) is 0 Å². The van der Waals surface area contributed by atoms with Crippen molar-refractivity contribution in [3.8, 4) is 6.07 Å². The monoisotopic (exact) mass is 309 g/mol. The summed E-state index contributed by atoms with van der Waals surface area (Å²) in [5.74, 6) is 0. The number of amides is 2. The summed E-state index contributed by atoms with van der Waals surface area (Å²) >= 11 is 0. The predicted octanol–water partition coefficient (Wildman–Crippen LogP) is 2.59. The van der Waals surface area contributed by atoms with Gasteiger partial charge in [-0.3, -0.25) is 0 Å². The number of rotatable bonds is 5. The van der Waals surface area contributed by atoms with E-state index in [2.05, 4.69) is 10.6 Å². The number of hydrogen-bond donors (Lipinski definition) is 3. The second-order valence-electron chi connectivity index (χ2n) is 5.32. The zero-order valence-electron chi connectivity index (χ0n) is 12.9. The van der Waals surface area contributed by atoms with Gasteiger partial charge in [-0.1, -0.05) is 36.4 Å². The number of nitrogens with one attached hydrogen (secondary N) is 2. The second kappa shape index (κ2) is 7.97. The first-order valence-electron chi connectivity index (χ1n) is 7.36. The molecule has 0 bridgehead atoms. The Labute approximate surface area is 135 Å². The van der Waals surface area contributed by atoms with E-state index in [0.717, 1.165) is 11.1 Å². The molecule has 0 radical (unpaired) electrons. The number of urea groups is 1. The molecule has 118 valence electrons. The van der Waals surface area contributed by atoms with Crippen molar-refractivity contribution in [1.29, 1.82) is 5.26 Å². The third-order valence-electron chi connectivity index (χ3n) is 3.43. The summed E-state index contributed by atoms with van der Waals surface area (Å²) < 4.78 is 0. The molecule has 2 rings (SSSR count). The molecule has 0 aromatic heterocycles. The van der Waals surface area contributed by atoms with Crippen LogP contribution in [0.2, 0.25) is 0 Å². The molecular formula is C18H19N3O2. The van der Waals surface area contributed by atoms with Crippen LogP contribution in [0.15, 0.2) is 48.5 Å². The summed E-state index contributed by atoms with van der Waals surface area (Å²) in [6.07, 6.45) is -0.181. The summed E-state index contributed by atoms with van der Waals surface area (Å²) in [5, 5.41) is 24.2. The normalized spacial score (nSPS) is 11.3. The van der Waals surface area contributed by atoms with E-state index < -0.39 is 12.1 Å². The van der Waals surface area contributed by atoms with E-state index in [4.69, 9.17) is 5.26 Å². The quantitative estimate of drug-likeness (QED) is 0.793. The minimum atomic E-state index is -0.658. The van der Waals surface area contributed by atoms with Crippen LogP contribution in [-0.2, 0) is 6.42 Å². The van der Waals surface area contributed by atoms with E-state index in [1.54, 1.807) is 18.2 Å². The number of aliphatic hydroxyl groups excluding tert-OH is 1. The largest absolute Gasteiger partial charge is 0.391 e. The van der Waals surface area contributed by atoms with Crippen molar-refractivity contribution in [3.05, 3.63) is 65.2 Å². The maximum Gasteiger partial charge on any atom is 0.319 e. The van der Waals surface area contributed by atoms with Gasteiger partial charge in [0.25, 0.3) is 0 Å². The van der Waals surface area contributed by atoms with E-state index in [-0.39, 0.29) is 6.54 Å². The van der Waals surface area contributed by atoms with Gasteiger partial charge in [-0.15, -0.1) is 0 Å². The Bertz CT molecular complexity index is 708. The van der Waals surface area contributed by atoms with Crippen LogP contribution in [0.5, 0.6) is 0 Å². The molecule has 3 N–H and O–H groups in total. The van der Waals surface area contributed by atoms with Gasteiger partial charge in [0, 0.05) is 18.7 Å². The van der Waals surface area contributed by atoms with Crippen molar-refractivity contribution in [2.24, 2.45) is 0 Å². The maximum atomic E-state index is 11.9. The molecule has 2 aromatic rings. The van der Waals surface area contributed by atoms with E-state index in [1.807, 2.05) is 43.3 Å². The smallest absolute Gasteiger partial charge is 0.319 e. The van der Waals surface area contributed by atoms with Crippen molar-refractivity contribution in [1.82, 2.24) is 5.32 Å². The summed E-state index contributed by atoms with van der Waals surface area (Å²) in [5.41, 5.74) is 2.94. The summed E-state index contributed by atoms with van der Waals surface area (Å²) in [7, 11) is 0. The van der Waals surface area contributed by atoms with Gasteiger partial charge >= 0.3 is 6.03 Å². The molecule has 0 spiro atoms. The number of aliphatic hydroxyl groups is 1. The number of hydrogen-bond acceptors (Lipinski definition) is 3. The Morgan fingerprint density at radius 1 is 1.26 bits per heavy atom. The standard InChI is InChI=1S/C18H19N3O2/c1-13-7-8-15(11-19)10-17(13)21-18(23)20-12-16(22)9-14-5-3-2-4-6-14/h2-8,10,16,22H,9,12H2,1H3,(H2,20,21,23). The molecule has 0 saturated heterocycles. The van der Waals surface area contributed by atoms with Gasteiger partial charge in [-0.05, 0) is 30.2 Å². The van der Waals surface area contributed by atoms with Crippen LogP contribution >= 0.6 is 0 Å². The van der Waals surface area contributed by atoms with Gasteiger partial charge in [-0.2, -0.15) is 5.26 Å². The Balaban J connectivity index is 1.84. The number of carbonyl (C=O) groups excluding carboxylic acids is 1. The van der Waals surface area contributed by atoms with Crippen molar-refractivity contribution in [3.63, 3.8) is 0 Å². The highest BCUT2D eigenvalue weighted by atomic mass is 16.3. The van der Waals surface area contributed by atoms with Crippen molar-refractivity contribution in [2.45, 2.75) is 19.4 Å². The van der Waals surface area contributed by atoms with Gasteiger partial charge in [-0.25, -0.2) is 4.79 Å². The third kappa shape index (κ3) is 5.13. The van der Waals surface area contributed by atoms with Crippen LogP contribution in [0.3, 0.4) is 0 Å². The number of aryl methyl sites for hydroxylation is 1. The second-order valence-corrected chi connectivity index (χ2v) is 5.32. The molecule has 2 aromatic carbocycles. The summed E-state index contributed by atoms with van der Waals surface area (Å²) in [4.78, 5) is 11.9. The lowest BCUT2D eigenvalue weighted by Crippen LogP contribution is -2.36. The van der Waals surface area contributed by atoms with Crippen LogP contribution in [-0.4, -0.2) is 23.8 Å². The highest BCUT2D eigenvalue weighted by molar-refractivity contribution is 5.90. The zero-order valence-corrected chi connectivity index (χ0v) is 12.9. The molecule has 0 fully saturated rings. The highest BCUT2D eigenvalue weighted by Gasteiger charge is 2.09.